The third-order valence-electron chi connectivity index (χ3n) is 4.52. The first-order valence-electron chi connectivity index (χ1n) is 6.96. The van der Waals surface area contributed by atoms with Gasteiger partial charge in [-0.3, -0.25) is 0 Å². The van der Waals surface area contributed by atoms with Crippen molar-refractivity contribution in [2.24, 2.45) is 5.92 Å². The zero-order valence-corrected chi connectivity index (χ0v) is 10.8. The molecule has 1 saturated heterocycles. The Balaban J connectivity index is 1.86. The molecule has 102 valence electrons. The van der Waals surface area contributed by atoms with E-state index >= 15 is 0 Å². The van der Waals surface area contributed by atoms with Crippen molar-refractivity contribution in [1.29, 1.82) is 0 Å². The first kappa shape index (κ1) is 12.5. The van der Waals surface area contributed by atoms with Crippen LogP contribution in [0.15, 0.2) is 18.2 Å². The van der Waals surface area contributed by atoms with E-state index in [1.807, 2.05) is 0 Å². The Morgan fingerprint density at radius 1 is 1.26 bits per heavy atom. The maximum Gasteiger partial charge on any atom is 0.338 e. The first-order chi connectivity index (χ1) is 9.16. The average molecular weight is 263 g/mol. The van der Waals surface area contributed by atoms with E-state index in [1.54, 1.807) is 6.07 Å². The van der Waals surface area contributed by atoms with Gasteiger partial charge >= 0.3 is 5.97 Å². The van der Waals surface area contributed by atoms with Gasteiger partial charge in [0.25, 0.3) is 0 Å². The third kappa shape index (κ3) is 2.20. The maximum absolute atomic E-state index is 13.8. The molecular formula is C15H18FNO2. The van der Waals surface area contributed by atoms with Gasteiger partial charge in [-0.15, -0.1) is 0 Å². The summed E-state index contributed by atoms with van der Waals surface area (Å²) in [7, 11) is 0. The molecule has 1 saturated carbocycles. The number of rotatable bonds is 2. The number of anilines is 1. The number of halogens is 1. The Hall–Kier alpha value is -1.58. The van der Waals surface area contributed by atoms with Crippen molar-refractivity contribution in [3.63, 3.8) is 0 Å². The normalized spacial score (nSPS) is 26.3. The summed E-state index contributed by atoms with van der Waals surface area (Å²) < 4.78 is 13.8. The Bertz CT molecular complexity index is 503. The number of aromatic carboxylic acids is 1. The number of nitrogens with zero attached hydrogens (tertiary/aromatic N) is 1. The van der Waals surface area contributed by atoms with Crippen LogP contribution in [0.25, 0.3) is 0 Å². The van der Waals surface area contributed by atoms with E-state index in [9.17, 15) is 9.18 Å². The summed E-state index contributed by atoms with van der Waals surface area (Å²) in [5.74, 6) is -1.11. The fraction of sp³-hybridized carbons (Fsp3) is 0.533. The van der Waals surface area contributed by atoms with E-state index in [0.717, 1.165) is 18.2 Å². The van der Waals surface area contributed by atoms with Crippen LogP contribution in [0.1, 0.15) is 42.5 Å². The van der Waals surface area contributed by atoms with Crippen molar-refractivity contribution in [3.05, 3.63) is 29.6 Å². The van der Waals surface area contributed by atoms with Crippen molar-refractivity contribution in [3.8, 4) is 0 Å². The first-order valence-corrected chi connectivity index (χ1v) is 6.96. The minimum absolute atomic E-state index is 0.247. The van der Waals surface area contributed by atoms with Gasteiger partial charge in [0, 0.05) is 18.3 Å². The molecule has 1 N–H and O–H groups in total. The van der Waals surface area contributed by atoms with Crippen molar-refractivity contribution < 1.29 is 14.3 Å². The Labute approximate surface area is 112 Å². The van der Waals surface area contributed by atoms with Gasteiger partial charge in [0.15, 0.2) is 0 Å². The Kier molecular flexibility index (Phi) is 3.17. The van der Waals surface area contributed by atoms with Crippen LogP contribution in [0.4, 0.5) is 10.1 Å². The second-order valence-electron chi connectivity index (χ2n) is 5.56. The molecule has 2 unspecified atom stereocenters. The zero-order chi connectivity index (χ0) is 13.4. The second kappa shape index (κ2) is 4.83. The molecule has 1 aromatic rings. The fourth-order valence-electron chi connectivity index (χ4n) is 3.58. The lowest BCUT2D eigenvalue weighted by molar-refractivity contribution is 0.0692. The van der Waals surface area contributed by atoms with Crippen molar-refractivity contribution in [1.82, 2.24) is 0 Å². The number of carboxylic acids is 1. The topological polar surface area (TPSA) is 40.5 Å². The summed E-state index contributed by atoms with van der Waals surface area (Å²) >= 11 is 0. The minimum atomic E-state index is -1.21. The molecule has 0 radical (unpaired) electrons. The molecule has 0 spiro atoms. The van der Waals surface area contributed by atoms with Gasteiger partial charge in [-0.05, 0) is 43.4 Å². The summed E-state index contributed by atoms with van der Waals surface area (Å²) in [6, 6.07) is 5.01. The molecule has 2 aliphatic rings. The van der Waals surface area contributed by atoms with E-state index in [1.165, 1.54) is 44.2 Å². The van der Waals surface area contributed by atoms with E-state index in [4.69, 9.17) is 5.11 Å². The lowest BCUT2D eigenvalue weighted by Crippen LogP contribution is -2.34. The molecule has 1 aromatic carbocycles. The molecule has 1 heterocycles. The molecule has 2 fully saturated rings. The van der Waals surface area contributed by atoms with Crippen LogP contribution >= 0.6 is 0 Å². The van der Waals surface area contributed by atoms with E-state index in [0.29, 0.717) is 6.04 Å². The van der Waals surface area contributed by atoms with Crippen molar-refractivity contribution in [2.75, 3.05) is 11.4 Å². The molecule has 3 nitrogen and oxygen atoms in total. The molecule has 0 amide bonds. The van der Waals surface area contributed by atoms with Crippen LogP contribution in [0.2, 0.25) is 0 Å². The molecule has 19 heavy (non-hydrogen) atoms. The number of carbonyl (C=O) groups is 1. The molecule has 3 rings (SSSR count). The standard InChI is InChI=1S/C15H18FNO2/c16-13-9-11(5-6-12(13)15(18)19)17-8-7-10-3-1-2-4-14(10)17/h5-6,9-10,14H,1-4,7-8H2,(H,18,19). The highest BCUT2D eigenvalue weighted by Crippen LogP contribution is 2.39. The predicted octanol–water partition coefficient (Wildman–Crippen LogP) is 3.29. The van der Waals surface area contributed by atoms with Gasteiger partial charge in [-0.1, -0.05) is 12.8 Å². The summed E-state index contributed by atoms with van der Waals surface area (Å²) in [6.45, 7) is 0.960. The number of benzene rings is 1. The molecule has 1 aliphatic carbocycles. The predicted molar refractivity (Wildman–Crippen MR) is 71.1 cm³/mol. The lowest BCUT2D eigenvalue weighted by Gasteiger charge is -2.33. The minimum Gasteiger partial charge on any atom is -0.478 e. The molecular weight excluding hydrogens is 245 g/mol. The van der Waals surface area contributed by atoms with Gasteiger partial charge in [0.1, 0.15) is 5.82 Å². The largest absolute Gasteiger partial charge is 0.478 e. The Morgan fingerprint density at radius 3 is 2.79 bits per heavy atom. The monoisotopic (exact) mass is 263 g/mol. The zero-order valence-electron chi connectivity index (χ0n) is 10.8. The highest BCUT2D eigenvalue weighted by atomic mass is 19.1. The smallest absolute Gasteiger partial charge is 0.338 e. The SMILES string of the molecule is O=C(O)c1ccc(N2CCC3CCCCC32)cc1F. The summed E-state index contributed by atoms with van der Waals surface area (Å²) in [6.07, 6.45) is 6.17. The summed E-state index contributed by atoms with van der Waals surface area (Å²) in [5, 5.41) is 8.86. The van der Waals surface area contributed by atoms with Gasteiger partial charge < -0.3 is 10.0 Å². The fourth-order valence-corrected chi connectivity index (χ4v) is 3.58. The van der Waals surface area contributed by atoms with E-state index in [-0.39, 0.29) is 5.56 Å². The quantitative estimate of drug-likeness (QED) is 0.890. The molecule has 0 aromatic heterocycles. The van der Waals surface area contributed by atoms with Gasteiger partial charge in [-0.2, -0.15) is 0 Å². The molecule has 1 aliphatic heterocycles. The van der Waals surface area contributed by atoms with Crippen LogP contribution in [0.5, 0.6) is 0 Å². The van der Waals surface area contributed by atoms with Crippen LogP contribution in [-0.4, -0.2) is 23.7 Å². The van der Waals surface area contributed by atoms with E-state index in [2.05, 4.69) is 4.90 Å². The van der Waals surface area contributed by atoms with Crippen LogP contribution < -0.4 is 4.90 Å². The summed E-state index contributed by atoms with van der Waals surface area (Å²) in [4.78, 5) is 13.1. The number of carboxylic acid groups (broad SMARTS) is 1. The van der Waals surface area contributed by atoms with Gasteiger partial charge in [0.05, 0.1) is 5.56 Å². The molecule has 2 atom stereocenters. The number of hydrogen-bond donors (Lipinski definition) is 1. The Morgan fingerprint density at radius 2 is 2.05 bits per heavy atom. The van der Waals surface area contributed by atoms with Gasteiger partial charge in [-0.25, -0.2) is 9.18 Å². The third-order valence-corrected chi connectivity index (χ3v) is 4.52. The van der Waals surface area contributed by atoms with Crippen molar-refractivity contribution in [2.45, 2.75) is 38.1 Å². The van der Waals surface area contributed by atoms with Crippen LogP contribution in [0.3, 0.4) is 0 Å². The highest BCUT2D eigenvalue weighted by Gasteiger charge is 2.35. The van der Waals surface area contributed by atoms with E-state index < -0.39 is 11.8 Å². The second-order valence-corrected chi connectivity index (χ2v) is 5.56. The molecule has 0 bridgehead atoms. The molecule has 4 heteroatoms. The van der Waals surface area contributed by atoms with Crippen LogP contribution in [-0.2, 0) is 0 Å². The highest BCUT2D eigenvalue weighted by molar-refractivity contribution is 5.88. The van der Waals surface area contributed by atoms with Gasteiger partial charge in [0.2, 0.25) is 0 Å². The maximum atomic E-state index is 13.8. The van der Waals surface area contributed by atoms with Crippen LogP contribution in [0, 0.1) is 11.7 Å². The van der Waals surface area contributed by atoms with Crippen molar-refractivity contribution >= 4 is 11.7 Å². The average Bonchev–Trinajstić information content (AvgIpc) is 2.82. The number of fused-ring (bicyclic) bond motifs is 1. The number of hydrogen-bond acceptors (Lipinski definition) is 2. The lowest BCUT2D eigenvalue weighted by atomic mass is 9.85. The summed E-state index contributed by atoms with van der Waals surface area (Å²) in [5.41, 5.74) is 0.583.